The SMILES string of the molecule is O=C1CCC(=O)O[C@@H]2CC[C@H]3[C@@H]4C[C@H]([C@@H]5[C@H]4[C@H]4[C@H]6C[C@H](C7[C@@H](CC[C@@H]76)O1)[C@H]54)[C@H]32. The quantitative estimate of drug-likeness (QED) is 0.602. The smallest absolute Gasteiger partial charge is 0.306 e. The predicted molar refractivity (Wildman–Crippen MR) is 98.6 cm³/mol. The van der Waals surface area contributed by atoms with Crippen LogP contribution in [0.5, 0.6) is 0 Å². The van der Waals surface area contributed by atoms with Crippen LogP contribution >= 0.6 is 0 Å². The molecule has 4 bridgehead atoms. The first kappa shape index (κ1) is 15.7. The molecule has 7 aliphatic carbocycles. The summed E-state index contributed by atoms with van der Waals surface area (Å²) in [6.07, 6.45) is 8.20. The Bertz CT molecular complexity index is 713. The van der Waals surface area contributed by atoms with Crippen molar-refractivity contribution in [3.63, 3.8) is 0 Å². The van der Waals surface area contributed by atoms with Gasteiger partial charge in [-0.3, -0.25) is 9.59 Å². The summed E-state index contributed by atoms with van der Waals surface area (Å²) in [5.41, 5.74) is 0. The summed E-state index contributed by atoms with van der Waals surface area (Å²) in [7, 11) is 0. The maximum absolute atomic E-state index is 12.5. The summed E-state index contributed by atoms with van der Waals surface area (Å²) in [4.78, 5) is 24.9. The standard InChI is InChI=1S/C24H30O4/c25-17-5-6-18(26)28-16-4-2-10-12-8-14(20(10)16)24-22(12)21-11-7-13(23(21)24)19-9(11)1-3-15(19)27-17/h9-16,19-24H,1-8H2/t9-,10+,11-,12-,13-,14+,15+,16+,19-,20?,21+,22+,23+,24-/m0/s1. The Labute approximate surface area is 166 Å². The third kappa shape index (κ3) is 1.62. The molecule has 0 amide bonds. The molecule has 0 spiro atoms. The van der Waals surface area contributed by atoms with Crippen LogP contribution in [0.4, 0.5) is 0 Å². The van der Waals surface area contributed by atoms with Crippen LogP contribution < -0.4 is 0 Å². The number of hydrogen-bond acceptors (Lipinski definition) is 4. The lowest BCUT2D eigenvalue weighted by atomic mass is 9.43. The van der Waals surface area contributed by atoms with Crippen LogP contribution in [0.3, 0.4) is 0 Å². The van der Waals surface area contributed by atoms with Gasteiger partial charge in [-0.1, -0.05) is 0 Å². The van der Waals surface area contributed by atoms with Crippen LogP contribution in [-0.4, -0.2) is 24.1 Å². The Morgan fingerprint density at radius 2 is 0.929 bits per heavy atom. The molecule has 0 aromatic rings. The number of carbonyl (C=O) groups is 2. The molecule has 4 nitrogen and oxygen atoms in total. The zero-order valence-electron chi connectivity index (χ0n) is 16.4. The van der Waals surface area contributed by atoms with E-state index in [1.54, 1.807) is 0 Å². The van der Waals surface area contributed by atoms with Gasteiger partial charge in [-0.2, -0.15) is 0 Å². The summed E-state index contributed by atoms with van der Waals surface area (Å²) >= 11 is 0. The fraction of sp³-hybridized carbons (Fsp3) is 0.917. The molecule has 8 aliphatic rings. The van der Waals surface area contributed by atoms with E-state index in [-0.39, 0.29) is 37.0 Å². The first-order valence-corrected chi connectivity index (χ1v) is 12.1. The number of esters is 2. The van der Waals surface area contributed by atoms with Gasteiger partial charge in [0.15, 0.2) is 0 Å². The van der Waals surface area contributed by atoms with E-state index in [9.17, 15) is 9.59 Å². The fourth-order valence-electron chi connectivity index (χ4n) is 11.3. The van der Waals surface area contributed by atoms with Crippen molar-refractivity contribution in [2.24, 2.45) is 71.0 Å². The molecule has 0 N–H and O–H groups in total. The van der Waals surface area contributed by atoms with Crippen molar-refractivity contribution in [2.75, 3.05) is 0 Å². The van der Waals surface area contributed by atoms with Gasteiger partial charge in [0.25, 0.3) is 0 Å². The largest absolute Gasteiger partial charge is 0.462 e. The van der Waals surface area contributed by atoms with Gasteiger partial charge in [-0.05, 0) is 97.7 Å². The lowest BCUT2D eigenvalue weighted by Gasteiger charge is -2.61. The van der Waals surface area contributed by atoms with Crippen molar-refractivity contribution in [1.82, 2.24) is 0 Å². The van der Waals surface area contributed by atoms with Crippen LogP contribution in [0, 0.1) is 71.0 Å². The molecule has 1 saturated heterocycles. The second-order valence-corrected chi connectivity index (χ2v) is 11.6. The van der Waals surface area contributed by atoms with Crippen molar-refractivity contribution in [1.29, 1.82) is 0 Å². The molecule has 0 aromatic heterocycles. The first-order chi connectivity index (χ1) is 13.7. The minimum Gasteiger partial charge on any atom is -0.462 e. The summed E-state index contributed by atoms with van der Waals surface area (Å²) in [6, 6.07) is 0. The van der Waals surface area contributed by atoms with Gasteiger partial charge in [0, 0.05) is 11.8 Å². The third-order valence-corrected chi connectivity index (χ3v) is 11.4. The number of carbonyl (C=O) groups excluding carboxylic acids is 2. The molecule has 7 saturated carbocycles. The molecule has 8 fully saturated rings. The molecule has 4 heteroatoms. The molecule has 1 aliphatic heterocycles. The van der Waals surface area contributed by atoms with Gasteiger partial charge in [-0.25, -0.2) is 0 Å². The molecular weight excluding hydrogens is 352 g/mol. The molecule has 14 atom stereocenters. The van der Waals surface area contributed by atoms with Gasteiger partial charge in [0.2, 0.25) is 0 Å². The summed E-state index contributed by atoms with van der Waals surface area (Å²) < 4.78 is 12.0. The van der Waals surface area contributed by atoms with Crippen LogP contribution in [-0.2, 0) is 19.1 Å². The summed E-state index contributed by atoms with van der Waals surface area (Å²) in [6.45, 7) is 0. The van der Waals surface area contributed by atoms with E-state index in [2.05, 4.69) is 0 Å². The van der Waals surface area contributed by atoms with Gasteiger partial charge < -0.3 is 9.47 Å². The molecule has 28 heavy (non-hydrogen) atoms. The molecule has 0 radical (unpaired) electrons. The van der Waals surface area contributed by atoms with E-state index in [0.29, 0.717) is 11.8 Å². The fourth-order valence-corrected chi connectivity index (χ4v) is 11.3. The van der Waals surface area contributed by atoms with Crippen LogP contribution in [0.25, 0.3) is 0 Å². The van der Waals surface area contributed by atoms with Gasteiger partial charge in [0.1, 0.15) is 12.2 Å². The van der Waals surface area contributed by atoms with E-state index in [4.69, 9.17) is 9.47 Å². The van der Waals surface area contributed by atoms with E-state index in [1.807, 2.05) is 0 Å². The molecule has 1 unspecified atom stereocenters. The minimum absolute atomic E-state index is 0.136. The average molecular weight is 383 g/mol. The zero-order chi connectivity index (χ0) is 18.3. The monoisotopic (exact) mass is 382 g/mol. The first-order valence-electron chi connectivity index (χ1n) is 12.1. The lowest BCUT2D eigenvalue weighted by molar-refractivity contribution is -0.177. The lowest BCUT2D eigenvalue weighted by Crippen LogP contribution is -2.59. The van der Waals surface area contributed by atoms with E-state index < -0.39 is 0 Å². The van der Waals surface area contributed by atoms with Crippen molar-refractivity contribution < 1.29 is 19.1 Å². The highest BCUT2D eigenvalue weighted by molar-refractivity contribution is 5.78. The van der Waals surface area contributed by atoms with Crippen LogP contribution in [0.1, 0.15) is 51.4 Å². The second kappa shape index (κ2) is 4.98. The number of ether oxygens (including phenoxy) is 2. The van der Waals surface area contributed by atoms with Crippen molar-refractivity contribution in [3.8, 4) is 0 Å². The van der Waals surface area contributed by atoms with Crippen LogP contribution in [0.2, 0.25) is 0 Å². The molecule has 150 valence electrons. The summed E-state index contributed by atoms with van der Waals surface area (Å²) in [5.74, 6) is 9.93. The normalized spacial score (nSPS) is 64.7. The highest BCUT2D eigenvalue weighted by Gasteiger charge is 2.78. The topological polar surface area (TPSA) is 52.6 Å². The third-order valence-electron chi connectivity index (χ3n) is 11.4. The molecule has 0 aromatic carbocycles. The summed E-state index contributed by atoms with van der Waals surface area (Å²) in [5, 5.41) is 0. The molecule has 8 rings (SSSR count). The van der Waals surface area contributed by atoms with Crippen LogP contribution in [0.15, 0.2) is 0 Å². The molecule has 1 heterocycles. The van der Waals surface area contributed by atoms with Crippen molar-refractivity contribution in [2.45, 2.75) is 63.6 Å². The number of fused-ring (bicyclic) bond motifs is 7. The Hall–Kier alpha value is -1.06. The predicted octanol–water partition coefficient (Wildman–Crippen LogP) is 3.43. The zero-order valence-corrected chi connectivity index (χ0v) is 16.4. The Morgan fingerprint density at radius 1 is 0.500 bits per heavy atom. The van der Waals surface area contributed by atoms with Gasteiger partial charge in [0.05, 0.1) is 12.8 Å². The minimum atomic E-state index is -0.169. The average Bonchev–Trinajstić information content (AvgIpc) is 3.43. The maximum atomic E-state index is 12.5. The highest BCUT2D eigenvalue weighted by atomic mass is 16.6. The van der Waals surface area contributed by atoms with E-state index >= 15 is 0 Å². The second-order valence-electron chi connectivity index (χ2n) is 11.6. The maximum Gasteiger partial charge on any atom is 0.306 e. The van der Waals surface area contributed by atoms with Crippen molar-refractivity contribution in [3.05, 3.63) is 0 Å². The van der Waals surface area contributed by atoms with Crippen molar-refractivity contribution >= 4 is 11.9 Å². The highest BCUT2D eigenvalue weighted by Crippen LogP contribution is 2.81. The Morgan fingerprint density at radius 3 is 1.39 bits per heavy atom. The number of rotatable bonds is 0. The Kier molecular flexibility index (Phi) is 2.80. The Balaban J connectivity index is 1.20. The molecular formula is C24H30O4. The van der Waals surface area contributed by atoms with E-state index in [1.165, 1.54) is 25.7 Å². The number of hydrogen-bond donors (Lipinski definition) is 0. The van der Waals surface area contributed by atoms with Gasteiger partial charge >= 0.3 is 11.9 Å². The van der Waals surface area contributed by atoms with E-state index in [0.717, 1.165) is 72.0 Å². The van der Waals surface area contributed by atoms with Gasteiger partial charge in [-0.15, -0.1) is 0 Å².